The summed E-state index contributed by atoms with van der Waals surface area (Å²) in [5, 5.41) is 2.61. The van der Waals surface area contributed by atoms with E-state index in [1.54, 1.807) is 0 Å². The molecule has 0 fully saturated rings. The Morgan fingerprint density at radius 1 is 1.00 bits per heavy atom. The van der Waals surface area contributed by atoms with Gasteiger partial charge in [0.2, 0.25) is 5.75 Å². The molecule has 0 atom stereocenters. The van der Waals surface area contributed by atoms with Crippen LogP contribution in [-0.4, -0.2) is 40.9 Å². The van der Waals surface area contributed by atoms with E-state index in [0.29, 0.717) is 28.9 Å². The average molecular weight is 370 g/mol. The van der Waals surface area contributed by atoms with Crippen LogP contribution in [0.1, 0.15) is 5.69 Å². The molecule has 0 amide bonds. The topological polar surface area (TPSA) is 90.7 Å². The monoisotopic (exact) mass is 370 g/mol. The molecular formula is C15H13F3N4O4. The van der Waals surface area contributed by atoms with E-state index in [-0.39, 0.29) is 5.82 Å². The van der Waals surface area contributed by atoms with E-state index in [2.05, 4.69) is 15.1 Å². The standard InChI is InChI=1S/C15H13F3N4O4/c1-24-8-4-7(5-9(25-2)12(8)26-3)13-20-14-19-10(15(16,17)18)6-11(23)22(14)21-13/h4-6H,1-3H3,(H,19,20,21). The molecule has 3 rings (SSSR count). The van der Waals surface area contributed by atoms with Crippen molar-refractivity contribution >= 4 is 5.78 Å². The predicted molar refractivity (Wildman–Crippen MR) is 83.7 cm³/mol. The third-order valence-electron chi connectivity index (χ3n) is 3.56. The molecule has 0 aliphatic carbocycles. The van der Waals surface area contributed by atoms with Crippen molar-refractivity contribution in [2.45, 2.75) is 6.18 Å². The highest BCUT2D eigenvalue weighted by molar-refractivity contribution is 5.67. The number of aromatic amines is 1. The van der Waals surface area contributed by atoms with Crippen LogP contribution in [0.4, 0.5) is 13.2 Å². The molecule has 26 heavy (non-hydrogen) atoms. The maximum atomic E-state index is 12.8. The van der Waals surface area contributed by atoms with Crippen molar-refractivity contribution in [1.29, 1.82) is 0 Å². The number of halogens is 3. The van der Waals surface area contributed by atoms with Gasteiger partial charge in [0.15, 0.2) is 23.0 Å². The van der Waals surface area contributed by atoms with Gasteiger partial charge in [0, 0.05) is 11.6 Å². The lowest BCUT2D eigenvalue weighted by Crippen LogP contribution is -2.20. The summed E-state index contributed by atoms with van der Waals surface area (Å²) in [4.78, 5) is 19.3. The lowest BCUT2D eigenvalue weighted by atomic mass is 10.1. The molecule has 11 heteroatoms. The van der Waals surface area contributed by atoms with Gasteiger partial charge >= 0.3 is 6.18 Å². The van der Waals surface area contributed by atoms with Crippen LogP contribution in [0.3, 0.4) is 0 Å². The van der Waals surface area contributed by atoms with Gasteiger partial charge in [-0.05, 0) is 12.1 Å². The molecule has 0 aliphatic rings. The van der Waals surface area contributed by atoms with Crippen LogP contribution < -0.4 is 19.8 Å². The highest BCUT2D eigenvalue weighted by atomic mass is 19.4. The number of nitrogens with zero attached hydrogens (tertiary/aromatic N) is 3. The van der Waals surface area contributed by atoms with Crippen LogP contribution in [0.25, 0.3) is 17.2 Å². The van der Waals surface area contributed by atoms with Gasteiger partial charge in [0.1, 0.15) is 0 Å². The summed E-state index contributed by atoms with van der Waals surface area (Å²) in [7, 11) is 4.27. The van der Waals surface area contributed by atoms with Crippen molar-refractivity contribution in [2.75, 3.05) is 21.3 Å². The van der Waals surface area contributed by atoms with Gasteiger partial charge in [-0.3, -0.25) is 9.89 Å². The Hall–Kier alpha value is -3.24. The number of rotatable bonds is 4. The Morgan fingerprint density at radius 3 is 2.12 bits per heavy atom. The minimum Gasteiger partial charge on any atom is -0.493 e. The normalized spacial score (nSPS) is 11.6. The zero-order chi connectivity index (χ0) is 19.1. The van der Waals surface area contributed by atoms with Crippen LogP contribution in [0.2, 0.25) is 0 Å². The van der Waals surface area contributed by atoms with Crippen LogP contribution in [0.5, 0.6) is 17.2 Å². The largest absolute Gasteiger partial charge is 0.493 e. The molecule has 0 saturated heterocycles. The first-order valence-electron chi connectivity index (χ1n) is 7.16. The van der Waals surface area contributed by atoms with Crippen LogP contribution in [-0.2, 0) is 6.18 Å². The van der Waals surface area contributed by atoms with E-state index in [1.807, 2.05) is 0 Å². The van der Waals surface area contributed by atoms with Crippen molar-refractivity contribution in [2.24, 2.45) is 0 Å². The van der Waals surface area contributed by atoms with Gasteiger partial charge in [-0.25, -0.2) is 4.98 Å². The summed E-state index contributed by atoms with van der Waals surface area (Å²) in [5.74, 6) is 0.670. The number of ether oxygens (including phenoxy) is 3. The van der Waals surface area contributed by atoms with Gasteiger partial charge in [-0.2, -0.15) is 22.7 Å². The lowest BCUT2D eigenvalue weighted by molar-refractivity contribution is -0.141. The molecule has 0 radical (unpaired) electrons. The van der Waals surface area contributed by atoms with Crippen molar-refractivity contribution < 1.29 is 27.4 Å². The van der Waals surface area contributed by atoms with Gasteiger partial charge < -0.3 is 14.2 Å². The van der Waals surface area contributed by atoms with E-state index >= 15 is 0 Å². The second-order valence-electron chi connectivity index (χ2n) is 5.10. The number of hydrogen-bond acceptors (Lipinski definition) is 6. The quantitative estimate of drug-likeness (QED) is 0.757. The molecule has 2 aromatic heterocycles. The smallest absolute Gasteiger partial charge is 0.433 e. The van der Waals surface area contributed by atoms with E-state index in [9.17, 15) is 18.0 Å². The maximum absolute atomic E-state index is 12.8. The number of hydrogen-bond donors (Lipinski definition) is 1. The third-order valence-corrected chi connectivity index (χ3v) is 3.56. The summed E-state index contributed by atoms with van der Waals surface area (Å²) in [6.45, 7) is 0. The maximum Gasteiger partial charge on any atom is 0.433 e. The van der Waals surface area contributed by atoms with Crippen molar-refractivity contribution in [3.63, 3.8) is 0 Å². The number of methoxy groups -OCH3 is 3. The Morgan fingerprint density at radius 2 is 1.62 bits per heavy atom. The molecule has 1 aromatic carbocycles. The molecule has 1 N–H and O–H groups in total. The molecule has 0 unspecified atom stereocenters. The van der Waals surface area contributed by atoms with Gasteiger partial charge in [0.05, 0.1) is 21.3 Å². The fourth-order valence-electron chi connectivity index (χ4n) is 2.37. The highest BCUT2D eigenvalue weighted by Gasteiger charge is 2.34. The molecule has 2 heterocycles. The van der Waals surface area contributed by atoms with E-state index in [1.165, 1.54) is 33.5 Å². The van der Waals surface area contributed by atoms with Crippen LogP contribution in [0, 0.1) is 0 Å². The number of aromatic nitrogens is 4. The van der Waals surface area contributed by atoms with Crippen molar-refractivity contribution in [3.8, 4) is 28.6 Å². The van der Waals surface area contributed by atoms with Gasteiger partial charge in [-0.1, -0.05) is 0 Å². The van der Waals surface area contributed by atoms with Gasteiger partial charge in [0.25, 0.3) is 11.3 Å². The number of H-pyrrole nitrogens is 1. The van der Waals surface area contributed by atoms with Crippen molar-refractivity contribution in [1.82, 2.24) is 19.6 Å². The molecule has 8 nitrogen and oxygen atoms in total. The Bertz CT molecular complexity index is 1000. The molecule has 0 bridgehead atoms. The minimum absolute atomic E-state index is 0.105. The second-order valence-corrected chi connectivity index (χ2v) is 5.10. The van der Waals surface area contributed by atoms with E-state index < -0.39 is 23.2 Å². The van der Waals surface area contributed by atoms with Crippen LogP contribution >= 0.6 is 0 Å². The summed E-state index contributed by atoms with van der Waals surface area (Å²) in [6.07, 6.45) is -4.75. The third kappa shape index (κ3) is 2.91. The zero-order valence-electron chi connectivity index (χ0n) is 13.8. The Kier molecular flexibility index (Phi) is 4.22. The number of fused-ring (bicyclic) bond motifs is 1. The molecule has 138 valence electrons. The summed E-state index contributed by atoms with van der Waals surface area (Å²) in [6, 6.07) is 3.47. The minimum atomic E-state index is -4.75. The SMILES string of the molecule is COc1cc(-c2nc3nc(C(F)(F)F)cc(=O)n3[nH]2)cc(OC)c1OC. The first-order valence-corrected chi connectivity index (χ1v) is 7.16. The number of benzene rings is 1. The second kappa shape index (κ2) is 6.24. The van der Waals surface area contributed by atoms with Crippen molar-refractivity contribution in [3.05, 3.63) is 34.2 Å². The summed E-state index contributed by atoms with van der Waals surface area (Å²) >= 11 is 0. The van der Waals surface area contributed by atoms with Gasteiger partial charge in [-0.15, -0.1) is 0 Å². The first kappa shape index (κ1) is 17.6. The van der Waals surface area contributed by atoms with Crippen LogP contribution in [0.15, 0.2) is 23.0 Å². The fraction of sp³-hybridized carbons (Fsp3) is 0.267. The fourth-order valence-corrected chi connectivity index (χ4v) is 2.37. The van der Waals surface area contributed by atoms with E-state index in [0.717, 1.165) is 4.52 Å². The molecular weight excluding hydrogens is 357 g/mol. The first-order chi connectivity index (χ1) is 12.3. The average Bonchev–Trinajstić information content (AvgIpc) is 3.04. The molecule has 0 spiro atoms. The highest BCUT2D eigenvalue weighted by Crippen LogP contribution is 2.40. The Balaban J connectivity index is 2.20. The summed E-state index contributed by atoms with van der Waals surface area (Å²) in [5.41, 5.74) is -1.85. The predicted octanol–water partition coefficient (Wildman–Crippen LogP) is 2.13. The number of nitrogens with one attached hydrogen (secondary N) is 1. The molecule has 0 aliphatic heterocycles. The lowest BCUT2D eigenvalue weighted by Gasteiger charge is -2.13. The molecule has 0 saturated carbocycles. The number of alkyl halides is 3. The zero-order valence-corrected chi connectivity index (χ0v) is 13.8. The molecule has 3 aromatic rings. The summed E-state index contributed by atoms with van der Waals surface area (Å²) < 4.78 is 54.9. The Labute approximate surface area is 144 Å². The van der Waals surface area contributed by atoms with E-state index in [4.69, 9.17) is 14.2 Å².